The van der Waals surface area contributed by atoms with E-state index in [0.717, 1.165) is 24.2 Å². The number of ketones is 1. The summed E-state index contributed by atoms with van der Waals surface area (Å²) in [6.07, 6.45) is 4.53. The van der Waals surface area contributed by atoms with E-state index >= 15 is 0 Å². The molecular formula is C20H17NO4. The van der Waals surface area contributed by atoms with E-state index in [1.165, 1.54) is 18.2 Å². The number of aromatic carboxylic acids is 1. The smallest absolute Gasteiger partial charge is 0.335 e. The van der Waals surface area contributed by atoms with Gasteiger partial charge in [0.1, 0.15) is 0 Å². The molecule has 2 aromatic rings. The molecule has 0 aliphatic carbocycles. The van der Waals surface area contributed by atoms with E-state index in [1.807, 2.05) is 0 Å². The first kappa shape index (κ1) is 16.6. The van der Waals surface area contributed by atoms with Crippen LogP contribution in [0.5, 0.6) is 0 Å². The van der Waals surface area contributed by atoms with Crippen molar-refractivity contribution in [3.8, 4) is 0 Å². The van der Waals surface area contributed by atoms with Gasteiger partial charge in [0.15, 0.2) is 5.78 Å². The van der Waals surface area contributed by atoms with Crippen LogP contribution < -0.4 is 4.90 Å². The topological polar surface area (TPSA) is 74.7 Å². The van der Waals surface area contributed by atoms with Crippen molar-refractivity contribution in [1.29, 1.82) is 0 Å². The fourth-order valence-corrected chi connectivity index (χ4v) is 2.73. The van der Waals surface area contributed by atoms with Crippen molar-refractivity contribution >= 4 is 29.4 Å². The fraction of sp³-hybridized carbons (Fsp3) is 0.150. The molecule has 1 heterocycles. The Kier molecular flexibility index (Phi) is 4.75. The zero-order chi connectivity index (χ0) is 17.8. The minimum absolute atomic E-state index is 0.115. The quantitative estimate of drug-likeness (QED) is 0.671. The lowest BCUT2D eigenvalue weighted by Crippen LogP contribution is -2.23. The maximum Gasteiger partial charge on any atom is 0.335 e. The molecule has 1 fully saturated rings. The van der Waals surface area contributed by atoms with Crippen LogP contribution >= 0.6 is 0 Å². The minimum Gasteiger partial charge on any atom is -0.478 e. The Balaban J connectivity index is 1.68. The van der Waals surface area contributed by atoms with Crippen molar-refractivity contribution in [2.45, 2.75) is 12.8 Å². The third kappa shape index (κ3) is 3.83. The van der Waals surface area contributed by atoms with E-state index in [-0.39, 0.29) is 17.3 Å². The lowest BCUT2D eigenvalue weighted by Gasteiger charge is -2.15. The third-order valence-electron chi connectivity index (χ3n) is 4.12. The number of anilines is 1. The summed E-state index contributed by atoms with van der Waals surface area (Å²) in [5, 5.41) is 8.86. The maximum atomic E-state index is 12.2. The van der Waals surface area contributed by atoms with Crippen LogP contribution in [0.4, 0.5) is 5.69 Å². The molecule has 0 bridgehead atoms. The number of hydrogen-bond acceptors (Lipinski definition) is 3. The van der Waals surface area contributed by atoms with Gasteiger partial charge < -0.3 is 10.0 Å². The molecule has 126 valence electrons. The Bertz CT molecular complexity index is 835. The van der Waals surface area contributed by atoms with Crippen LogP contribution in [0.15, 0.2) is 54.6 Å². The Morgan fingerprint density at radius 3 is 2.16 bits per heavy atom. The SMILES string of the molecule is O=C(O)c1ccc(C=CC(=O)c2ccc(N3CCCC3=O)cc2)cc1. The Morgan fingerprint density at radius 1 is 0.960 bits per heavy atom. The van der Waals surface area contributed by atoms with Gasteiger partial charge in [-0.25, -0.2) is 4.79 Å². The largest absolute Gasteiger partial charge is 0.478 e. The molecule has 1 N–H and O–H groups in total. The zero-order valence-electron chi connectivity index (χ0n) is 13.5. The predicted molar refractivity (Wildman–Crippen MR) is 94.8 cm³/mol. The van der Waals surface area contributed by atoms with Crippen molar-refractivity contribution in [2.75, 3.05) is 11.4 Å². The molecule has 1 amide bonds. The maximum absolute atomic E-state index is 12.2. The molecule has 25 heavy (non-hydrogen) atoms. The average molecular weight is 335 g/mol. The monoisotopic (exact) mass is 335 g/mol. The molecule has 5 nitrogen and oxygen atoms in total. The Labute approximate surface area is 145 Å². The molecule has 1 saturated heterocycles. The average Bonchev–Trinajstić information content (AvgIpc) is 3.06. The number of benzene rings is 2. The van der Waals surface area contributed by atoms with Gasteiger partial charge in [0.25, 0.3) is 0 Å². The van der Waals surface area contributed by atoms with Crippen LogP contribution in [0.2, 0.25) is 0 Å². The molecule has 2 aromatic carbocycles. The van der Waals surface area contributed by atoms with Crippen LogP contribution in [0.25, 0.3) is 6.08 Å². The molecule has 5 heteroatoms. The molecule has 1 aliphatic heterocycles. The van der Waals surface area contributed by atoms with E-state index < -0.39 is 5.97 Å². The van der Waals surface area contributed by atoms with Gasteiger partial charge >= 0.3 is 5.97 Å². The summed E-state index contributed by atoms with van der Waals surface area (Å²) in [6, 6.07) is 13.3. The van der Waals surface area contributed by atoms with Gasteiger partial charge in [-0.3, -0.25) is 9.59 Å². The van der Waals surface area contributed by atoms with Crippen molar-refractivity contribution in [2.24, 2.45) is 0 Å². The zero-order valence-corrected chi connectivity index (χ0v) is 13.5. The van der Waals surface area contributed by atoms with Crippen LogP contribution in [0, 0.1) is 0 Å². The van der Waals surface area contributed by atoms with Gasteiger partial charge in [-0.15, -0.1) is 0 Å². The summed E-state index contributed by atoms with van der Waals surface area (Å²) in [4.78, 5) is 36.5. The van der Waals surface area contributed by atoms with Crippen LogP contribution in [-0.2, 0) is 4.79 Å². The van der Waals surface area contributed by atoms with Crippen LogP contribution in [0.3, 0.4) is 0 Å². The van der Waals surface area contributed by atoms with E-state index in [0.29, 0.717) is 12.0 Å². The molecule has 0 unspecified atom stereocenters. The number of carboxylic acids is 1. The second-order valence-electron chi connectivity index (χ2n) is 5.82. The Morgan fingerprint density at radius 2 is 1.60 bits per heavy atom. The summed E-state index contributed by atoms with van der Waals surface area (Å²) in [5.74, 6) is -1.02. The molecule has 0 radical (unpaired) electrons. The number of carbonyl (C=O) groups excluding carboxylic acids is 2. The number of rotatable bonds is 5. The highest BCUT2D eigenvalue weighted by Gasteiger charge is 2.21. The number of hydrogen-bond donors (Lipinski definition) is 1. The molecular weight excluding hydrogens is 318 g/mol. The highest BCUT2D eigenvalue weighted by molar-refractivity contribution is 6.07. The molecule has 0 spiro atoms. The number of allylic oxidation sites excluding steroid dienone is 1. The highest BCUT2D eigenvalue weighted by atomic mass is 16.4. The number of nitrogens with zero attached hydrogens (tertiary/aromatic N) is 1. The molecule has 0 aromatic heterocycles. The van der Waals surface area contributed by atoms with E-state index in [9.17, 15) is 14.4 Å². The van der Waals surface area contributed by atoms with Crippen molar-refractivity contribution in [3.05, 3.63) is 71.3 Å². The summed E-state index contributed by atoms with van der Waals surface area (Å²) in [6.45, 7) is 0.721. The molecule has 1 aliphatic rings. The predicted octanol–water partition coefficient (Wildman–Crippen LogP) is 3.41. The summed E-state index contributed by atoms with van der Waals surface area (Å²) >= 11 is 0. The lowest BCUT2D eigenvalue weighted by atomic mass is 10.1. The second kappa shape index (κ2) is 7.13. The number of amides is 1. The first-order valence-corrected chi connectivity index (χ1v) is 8.01. The Hall–Kier alpha value is -3.21. The second-order valence-corrected chi connectivity index (χ2v) is 5.82. The standard InChI is InChI=1S/C20H17NO4/c22-18(12-5-14-3-6-16(7-4-14)20(24)25)15-8-10-17(11-9-15)21-13-1-2-19(21)23/h3-12H,1-2,13H2,(H,24,25). The van der Waals surface area contributed by atoms with Gasteiger partial charge in [0, 0.05) is 24.2 Å². The molecule has 0 saturated carbocycles. The van der Waals surface area contributed by atoms with E-state index in [4.69, 9.17) is 5.11 Å². The van der Waals surface area contributed by atoms with Gasteiger partial charge in [-0.05, 0) is 54.5 Å². The summed E-state index contributed by atoms with van der Waals surface area (Å²) < 4.78 is 0. The van der Waals surface area contributed by atoms with E-state index in [2.05, 4.69) is 0 Å². The van der Waals surface area contributed by atoms with Gasteiger partial charge in [-0.1, -0.05) is 18.2 Å². The third-order valence-corrected chi connectivity index (χ3v) is 4.12. The van der Waals surface area contributed by atoms with Crippen LogP contribution in [-0.4, -0.2) is 29.3 Å². The van der Waals surface area contributed by atoms with Gasteiger partial charge in [0.05, 0.1) is 5.56 Å². The highest BCUT2D eigenvalue weighted by Crippen LogP contribution is 2.21. The van der Waals surface area contributed by atoms with Crippen molar-refractivity contribution < 1.29 is 19.5 Å². The van der Waals surface area contributed by atoms with Crippen LogP contribution in [0.1, 0.15) is 39.1 Å². The van der Waals surface area contributed by atoms with E-state index in [1.54, 1.807) is 47.4 Å². The normalized spacial score (nSPS) is 14.2. The van der Waals surface area contributed by atoms with Crippen molar-refractivity contribution in [3.63, 3.8) is 0 Å². The first-order chi connectivity index (χ1) is 12.0. The summed E-state index contributed by atoms with van der Waals surface area (Å²) in [5.41, 5.74) is 2.30. The van der Waals surface area contributed by atoms with Gasteiger partial charge in [0.2, 0.25) is 5.91 Å². The number of carboxylic acid groups (broad SMARTS) is 1. The van der Waals surface area contributed by atoms with Gasteiger partial charge in [-0.2, -0.15) is 0 Å². The molecule has 3 rings (SSSR count). The molecule has 0 atom stereocenters. The lowest BCUT2D eigenvalue weighted by molar-refractivity contribution is -0.117. The fourth-order valence-electron chi connectivity index (χ4n) is 2.73. The number of carbonyl (C=O) groups is 3. The van der Waals surface area contributed by atoms with Crippen molar-refractivity contribution in [1.82, 2.24) is 0 Å². The first-order valence-electron chi connectivity index (χ1n) is 8.01. The summed E-state index contributed by atoms with van der Waals surface area (Å²) in [7, 11) is 0. The minimum atomic E-state index is -0.983.